The van der Waals surface area contributed by atoms with E-state index in [-0.39, 0.29) is 18.6 Å². The van der Waals surface area contributed by atoms with Gasteiger partial charge in [-0.05, 0) is 30.5 Å². The van der Waals surface area contributed by atoms with Gasteiger partial charge in [-0.15, -0.1) is 11.3 Å². The maximum atomic E-state index is 12.1. The summed E-state index contributed by atoms with van der Waals surface area (Å²) in [4.78, 5) is 36.3. The summed E-state index contributed by atoms with van der Waals surface area (Å²) in [6.07, 6.45) is -1.09. The number of thiophene rings is 1. The first-order valence-corrected chi connectivity index (χ1v) is 8.45. The summed E-state index contributed by atoms with van der Waals surface area (Å²) < 4.78 is 5.04. The highest BCUT2D eigenvalue weighted by molar-refractivity contribution is 7.12. The number of benzene rings is 1. The first-order chi connectivity index (χ1) is 12.0. The van der Waals surface area contributed by atoms with Crippen molar-refractivity contribution in [1.82, 2.24) is 0 Å². The highest BCUT2D eigenvalue weighted by atomic mass is 32.1. The lowest BCUT2D eigenvalue weighted by molar-refractivity contribution is -0.153. The van der Waals surface area contributed by atoms with Crippen LogP contribution in [0.5, 0.6) is 0 Å². The third-order valence-corrected chi connectivity index (χ3v) is 4.25. The molecule has 0 fully saturated rings. The van der Waals surface area contributed by atoms with Gasteiger partial charge in [-0.25, -0.2) is 0 Å². The van der Waals surface area contributed by atoms with E-state index < -0.39 is 18.0 Å². The van der Waals surface area contributed by atoms with E-state index in [1.54, 1.807) is 41.8 Å². The van der Waals surface area contributed by atoms with Crippen molar-refractivity contribution in [2.75, 3.05) is 5.32 Å². The van der Waals surface area contributed by atoms with Crippen LogP contribution in [0.1, 0.15) is 35.0 Å². The molecule has 2 rings (SSSR count). The van der Waals surface area contributed by atoms with Gasteiger partial charge in [0.1, 0.15) is 6.07 Å². The van der Waals surface area contributed by atoms with Gasteiger partial charge < -0.3 is 10.1 Å². The van der Waals surface area contributed by atoms with Crippen molar-refractivity contribution in [2.45, 2.75) is 25.9 Å². The minimum Gasteiger partial charge on any atom is -0.453 e. The second-order valence-corrected chi connectivity index (χ2v) is 6.13. The number of hydrogen-bond acceptors (Lipinski definition) is 6. The maximum Gasteiger partial charge on any atom is 0.307 e. The van der Waals surface area contributed by atoms with Crippen molar-refractivity contribution in [1.29, 1.82) is 5.26 Å². The minimum absolute atomic E-state index is 0.0327. The Balaban J connectivity index is 1.83. The molecule has 25 heavy (non-hydrogen) atoms. The van der Waals surface area contributed by atoms with Crippen LogP contribution >= 0.6 is 11.3 Å². The fraction of sp³-hybridized carbons (Fsp3) is 0.222. The number of ether oxygens (including phenoxy) is 1. The number of anilines is 1. The number of ketones is 1. The third kappa shape index (κ3) is 5.26. The Bertz CT molecular complexity index is 809. The zero-order chi connectivity index (χ0) is 18.2. The van der Waals surface area contributed by atoms with E-state index in [4.69, 9.17) is 10.00 Å². The zero-order valence-electron chi connectivity index (χ0n) is 13.5. The van der Waals surface area contributed by atoms with E-state index in [0.29, 0.717) is 16.1 Å². The van der Waals surface area contributed by atoms with Crippen molar-refractivity contribution < 1.29 is 19.1 Å². The van der Waals surface area contributed by atoms with Gasteiger partial charge in [0.05, 0.1) is 22.5 Å². The van der Waals surface area contributed by atoms with Crippen molar-refractivity contribution in [3.8, 4) is 6.07 Å². The molecule has 1 N–H and O–H groups in total. The van der Waals surface area contributed by atoms with Gasteiger partial charge in [0.25, 0.3) is 5.91 Å². The predicted molar refractivity (Wildman–Crippen MR) is 93.2 cm³/mol. The summed E-state index contributed by atoms with van der Waals surface area (Å²) in [6, 6.07) is 12.0. The van der Waals surface area contributed by atoms with Crippen LogP contribution < -0.4 is 5.32 Å². The van der Waals surface area contributed by atoms with Crippen LogP contribution in [-0.4, -0.2) is 23.8 Å². The Kier molecular flexibility index (Phi) is 6.43. The van der Waals surface area contributed by atoms with E-state index in [1.165, 1.54) is 18.3 Å². The molecule has 0 aliphatic carbocycles. The number of Topliss-reactive ketones (excluding diaryl/α,β-unsaturated/α-hetero) is 1. The SMILES string of the molecule is C[C@H](OC(=O)CCC(=O)c1cccs1)C(=O)Nc1ccccc1C#N. The number of nitrogens with zero attached hydrogens (tertiary/aromatic N) is 1. The summed E-state index contributed by atoms with van der Waals surface area (Å²) in [6.45, 7) is 1.43. The van der Waals surface area contributed by atoms with Crippen molar-refractivity contribution >= 4 is 34.7 Å². The molecule has 0 saturated heterocycles. The first kappa shape index (κ1) is 18.4. The summed E-state index contributed by atoms with van der Waals surface area (Å²) >= 11 is 1.31. The number of hydrogen-bond donors (Lipinski definition) is 1. The zero-order valence-corrected chi connectivity index (χ0v) is 14.3. The lowest BCUT2D eigenvalue weighted by atomic mass is 10.2. The van der Waals surface area contributed by atoms with Crippen LogP contribution in [0.25, 0.3) is 0 Å². The summed E-state index contributed by atoms with van der Waals surface area (Å²) in [7, 11) is 0. The van der Waals surface area contributed by atoms with Crippen LogP contribution in [0.4, 0.5) is 5.69 Å². The minimum atomic E-state index is -1.03. The van der Waals surface area contributed by atoms with Gasteiger partial charge in [0.15, 0.2) is 11.9 Å². The topological polar surface area (TPSA) is 96.3 Å². The molecule has 1 aromatic heterocycles. The Labute approximate surface area is 149 Å². The molecule has 6 nitrogen and oxygen atoms in total. The van der Waals surface area contributed by atoms with Crippen molar-refractivity contribution in [3.05, 3.63) is 52.2 Å². The van der Waals surface area contributed by atoms with E-state index in [0.717, 1.165) is 0 Å². The molecule has 7 heteroatoms. The Hall–Kier alpha value is -2.98. The number of esters is 1. The number of carbonyl (C=O) groups excluding carboxylic acids is 3. The quantitative estimate of drug-likeness (QED) is 0.607. The molecule has 1 aromatic carbocycles. The number of nitriles is 1. The monoisotopic (exact) mass is 356 g/mol. The number of rotatable bonds is 7. The van der Waals surface area contributed by atoms with Gasteiger partial charge in [0, 0.05) is 6.42 Å². The molecule has 128 valence electrons. The van der Waals surface area contributed by atoms with Crippen molar-refractivity contribution in [2.24, 2.45) is 0 Å². The largest absolute Gasteiger partial charge is 0.453 e. The predicted octanol–water partition coefficient (Wildman–Crippen LogP) is 3.15. The van der Waals surface area contributed by atoms with E-state index in [1.807, 2.05) is 6.07 Å². The van der Waals surface area contributed by atoms with Crippen molar-refractivity contribution in [3.63, 3.8) is 0 Å². The van der Waals surface area contributed by atoms with Crippen LogP contribution in [0, 0.1) is 11.3 Å². The smallest absolute Gasteiger partial charge is 0.307 e. The molecular formula is C18H16N2O4S. The highest BCUT2D eigenvalue weighted by Crippen LogP contribution is 2.15. The summed E-state index contributed by atoms with van der Waals surface area (Å²) in [5, 5.41) is 13.3. The fourth-order valence-corrected chi connectivity index (χ4v) is 2.70. The molecule has 0 saturated carbocycles. The van der Waals surface area contributed by atoms with E-state index >= 15 is 0 Å². The van der Waals surface area contributed by atoms with Gasteiger partial charge >= 0.3 is 5.97 Å². The molecule has 1 atom stereocenters. The normalized spacial score (nSPS) is 11.2. The Morgan fingerprint density at radius 3 is 2.64 bits per heavy atom. The lowest BCUT2D eigenvalue weighted by Crippen LogP contribution is -2.30. The molecule has 0 aliphatic heterocycles. The van der Waals surface area contributed by atoms with E-state index in [9.17, 15) is 14.4 Å². The maximum absolute atomic E-state index is 12.1. The molecule has 2 aromatic rings. The fourth-order valence-electron chi connectivity index (χ4n) is 2.01. The summed E-state index contributed by atoms with van der Waals surface area (Å²) in [5.74, 6) is -1.30. The van der Waals surface area contributed by atoms with E-state index in [2.05, 4.69) is 5.32 Å². The number of para-hydroxylation sites is 1. The van der Waals surface area contributed by atoms with Gasteiger partial charge in [0.2, 0.25) is 0 Å². The average Bonchev–Trinajstić information content (AvgIpc) is 3.14. The molecular weight excluding hydrogens is 340 g/mol. The van der Waals surface area contributed by atoms with Crippen LogP contribution in [-0.2, 0) is 14.3 Å². The van der Waals surface area contributed by atoms with Crippen LogP contribution in [0.15, 0.2) is 41.8 Å². The molecule has 1 heterocycles. The molecule has 0 spiro atoms. The standard InChI is InChI=1S/C18H16N2O4S/c1-12(18(23)20-14-6-3-2-5-13(14)11-19)24-17(22)9-8-15(21)16-7-4-10-25-16/h2-7,10,12H,8-9H2,1H3,(H,20,23)/t12-/m0/s1. The van der Waals surface area contributed by atoms with Gasteiger partial charge in [-0.3, -0.25) is 14.4 Å². The highest BCUT2D eigenvalue weighted by Gasteiger charge is 2.19. The second-order valence-electron chi connectivity index (χ2n) is 5.18. The molecule has 0 radical (unpaired) electrons. The second kappa shape index (κ2) is 8.76. The summed E-state index contributed by atoms with van der Waals surface area (Å²) in [5.41, 5.74) is 0.668. The number of nitrogens with one attached hydrogen (secondary N) is 1. The van der Waals surface area contributed by atoms with Crippen LogP contribution in [0.2, 0.25) is 0 Å². The number of carbonyl (C=O) groups is 3. The van der Waals surface area contributed by atoms with Gasteiger partial charge in [-0.2, -0.15) is 5.26 Å². The Morgan fingerprint density at radius 1 is 1.20 bits per heavy atom. The molecule has 0 unspecified atom stereocenters. The lowest BCUT2D eigenvalue weighted by Gasteiger charge is -2.14. The van der Waals surface area contributed by atoms with Gasteiger partial charge in [-0.1, -0.05) is 18.2 Å². The molecule has 0 aliphatic rings. The Morgan fingerprint density at radius 2 is 1.96 bits per heavy atom. The molecule has 0 bridgehead atoms. The van der Waals surface area contributed by atoms with Crippen LogP contribution in [0.3, 0.4) is 0 Å². The first-order valence-electron chi connectivity index (χ1n) is 7.57. The average molecular weight is 356 g/mol. The molecule has 1 amide bonds. The third-order valence-electron chi connectivity index (χ3n) is 3.34. The number of amides is 1.